The van der Waals surface area contributed by atoms with E-state index in [0.29, 0.717) is 10.5 Å². The standard InChI is InChI=1S/C12H13FN4OS/c1-7-5-11(17(2)15-7)19-10-4-3-8(13)6-9(10)12(14)16-18/h3-6,18H,1-2H3,(H2,14,16). The van der Waals surface area contributed by atoms with Crippen LogP contribution in [0.3, 0.4) is 0 Å². The van der Waals surface area contributed by atoms with Crippen molar-refractivity contribution in [1.82, 2.24) is 9.78 Å². The van der Waals surface area contributed by atoms with Crippen molar-refractivity contribution in [2.45, 2.75) is 16.8 Å². The highest BCUT2D eigenvalue weighted by atomic mass is 32.2. The summed E-state index contributed by atoms with van der Waals surface area (Å²) < 4.78 is 15.0. The third kappa shape index (κ3) is 2.87. The van der Waals surface area contributed by atoms with Crippen molar-refractivity contribution in [3.05, 3.63) is 41.3 Å². The van der Waals surface area contributed by atoms with Gasteiger partial charge in [0.05, 0.1) is 10.7 Å². The largest absolute Gasteiger partial charge is 0.409 e. The summed E-state index contributed by atoms with van der Waals surface area (Å²) in [6.45, 7) is 1.89. The lowest BCUT2D eigenvalue weighted by molar-refractivity contribution is 0.318. The van der Waals surface area contributed by atoms with Crippen LogP contribution in [0.5, 0.6) is 0 Å². The third-order valence-electron chi connectivity index (χ3n) is 2.50. The third-order valence-corrected chi connectivity index (χ3v) is 3.67. The summed E-state index contributed by atoms with van der Waals surface area (Å²) >= 11 is 1.38. The molecule has 3 N–H and O–H groups in total. The van der Waals surface area contributed by atoms with Gasteiger partial charge in [-0.15, -0.1) is 0 Å². The number of aryl methyl sites for hydroxylation is 2. The number of hydrogen-bond acceptors (Lipinski definition) is 4. The maximum absolute atomic E-state index is 13.2. The van der Waals surface area contributed by atoms with E-state index in [1.54, 1.807) is 10.7 Å². The molecule has 2 aromatic rings. The lowest BCUT2D eigenvalue weighted by atomic mass is 10.2. The minimum absolute atomic E-state index is 0.124. The molecule has 0 radical (unpaired) electrons. The van der Waals surface area contributed by atoms with Gasteiger partial charge in [0, 0.05) is 17.5 Å². The molecule has 0 aliphatic heterocycles. The molecule has 0 aliphatic carbocycles. The smallest absolute Gasteiger partial charge is 0.171 e. The highest BCUT2D eigenvalue weighted by molar-refractivity contribution is 7.99. The zero-order chi connectivity index (χ0) is 14.0. The maximum atomic E-state index is 13.2. The summed E-state index contributed by atoms with van der Waals surface area (Å²) in [7, 11) is 1.82. The van der Waals surface area contributed by atoms with Crippen molar-refractivity contribution in [3.63, 3.8) is 0 Å². The molecule has 1 heterocycles. The normalized spacial score (nSPS) is 11.8. The molecule has 0 aliphatic rings. The van der Waals surface area contributed by atoms with Gasteiger partial charge in [-0.3, -0.25) is 4.68 Å². The molecule has 2 rings (SSSR count). The second kappa shape index (κ2) is 5.31. The molecular weight excluding hydrogens is 267 g/mol. The molecule has 7 heteroatoms. The number of nitrogens with two attached hydrogens (primary N) is 1. The molecule has 19 heavy (non-hydrogen) atoms. The molecule has 0 amide bonds. The first-order chi connectivity index (χ1) is 9.01. The van der Waals surface area contributed by atoms with Gasteiger partial charge < -0.3 is 10.9 Å². The van der Waals surface area contributed by atoms with Gasteiger partial charge in [0.15, 0.2) is 5.84 Å². The number of oxime groups is 1. The molecule has 5 nitrogen and oxygen atoms in total. The first-order valence-electron chi connectivity index (χ1n) is 5.47. The van der Waals surface area contributed by atoms with Crippen LogP contribution in [0, 0.1) is 12.7 Å². The molecule has 1 aromatic carbocycles. The van der Waals surface area contributed by atoms with Crippen LogP contribution in [0.4, 0.5) is 4.39 Å². The van der Waals surface area contributed by atoms with Gasteiger partial charge in [-0.05, 0) is 31.2 Å². The quantitative estimate of drug-likeness (QED) is 0.391. The fourth-order valence-corrected chi connectivity index (χ4v) is 2.68. The molecule has 1 aromatic heterocycles. The van der Waals surface area contributed by atoms with Crippen LogP contribution in [-0.4, -0.2) is 20.8 Å². The van der Waals surface area contributed by atoms with E-state index in [2.05, 4.69) is 10.3 Å². The van der Waals surface area contributed by atoms with E-state index in [4.69, 9.17) is 10.9 Å². The zero-order valence-electron chi connectivity index (χ0n) is 10.5. The lowest BCUT2D eigenvalue weighted by Crippen LogP contribution is -2.14. The highest BCUT2D eigenvalue weighted by Gasteiger charge is 2.12. The molecule has 0 atom stereocenters. The summed E-state index contributed by atoms with van der Waals surface area (Å²) in [5.41, 5.74) is 6.80. The van der Waals surface area contributed by atoms with Crippen molar-refractivity contribution < 1.29 is 9.60 Å². The van der Waals surface area contributed by atoms with E-state index in [1.807, 2.05) is 20.0 Å². The van der Waals surface area contributed by atoms with Crippen molar-refractivity contribution in [2.24, 2.45) is 17.9 Å². The SMILES string of the molecule is Cc1cc(Sc2ccc(F)cc2C(N)=NO)n(C)n1. The Morgan fingerprint density at radius 2 is 2.21 bits per heavy atom. The molecule has 0 fully saturated rings. The summed E-state index contributed by atoms with van der Waals surface area (Å²) in [6.07, 6.45) is 0. The number of nitrogens with zero attached hydrogens (tertiary/aromatic N) is 3. The molecular formula is C12H13FN4OS. The van der Waals surface area contributed by atoms with Gasteiger partial charge in [0.2, 0.25) is 0 Å². The minimum Gasteiger partial charge on any atom is -0.409 e. The van der Waals surface area contributed by atoms with Gasteiger partial charge >= 0.3 is 0 Å². The van der Waals surface area contributed by atoms with Crippen molar-refractivity contribution in [3.8, 4) is 0 Å². The molecule has 100 valence electrons. The van der Waals surface area contributed by atoms with Crippen LogP contribution in [0.1, 0.15) is 11.3 Å². The topological polar surface area (TPSA) is 76.4 Å². The Morgan fingerprint density at radius 3 is 2.79 bits per heavy atom. The molecule has 0 unspecified atom stereocenters. The Morgan fingerprint density at radius 1 is 1.47 bits per heavy atom. The van der Waals surface area contributed by atoms with Gasteiger partial charge in [-0.1, -0.05) is 16.9 Å². The van der Waals surface area contributed by atoms with E-state index in [-0.39, 0.29) is 5.84 Å². The average Bonchev–Trinajstić information content (AvgIpc) is 2.69. The predicted molar refractivity (Wildman–Crippen MR) is 71.0 cm³/mol. The lowest BCUT2D eigenvalue weighted by Gasteiger charge is -2.08. The van der Waals surface area contributed by atoms with E-state index < -0.39 is 5.82 Å². The summed E-state index contributed by atoms with van der Waals surface area (Å²) in [4.78, 5) is 0.694. The summed E-state index contributed by atoms with van der Waals surface area (Å²) in [5.74, 6) is -0.562. The number of halogens is 1. The van der Waals surface area contributed by atoms with Crippen LogP contribution < -0.4 is 5.73 Å². The predicted octanol–water partition coefficient (Wildman–Crippen LogP) is 2.11. The van der Waals surface area contributed by atoms with Crippen molar-refractivity contribution in [2.75, 3.05) is 0 Å². The van der Waals surface area contributed by atoms with Crippen LogP contribution in [-0.2, 0) is 7.05 Å². The van der Waals surface area contributed by atoms with E-state index >= 15 is 0 Å². The first-order valence-corrected chi connectivity index (χ1v) is 6.29. The molecule has 0 bridgehead atoms. The first kappa shape index (κ1) is 13.4. The maximum Gasteiger partial charge on any atom is 0.171 e. The number of aromatic nitrogens is 2. The van der Waals surface area contributed by atoms with E-state index in [1.165, 1.54) is 23.9 Å². The summed E-state index contributed by atoms with van der Waals surface area (Å²) in [6, 6.07) is 6.07. The fraction of sp³-hybridized carbons (Fsp3) is 0.167. The van der Waals surface area contributed by atoms with E-state index in [9.17, 15) is 4.39 Å². The van der Waals surface area contributed by atoms with Gasteiger partial charge in [0.25, 0.3) is 0 Å². The average molecular weight is 280 g/mol. The van der Waals surface area contributed by atoms with Crippen LogP contribution in [0.15, 0.2) is 39.3 Å². The monoisotopic (exact) mass is 280 g/mol. The Bertz CT molecular complexity index is 639. The van der Waals surface area contributed by atoms with Crippen molar-refractivity contribution >= 4 is 17.6 Å². The van der Waals surface area contributed by atoms with Gasteiger partial charge in [-0.25, -0.2) is 4.39 Å². The second-order valence-corrected chi connectivity index (χ2v) is 5.04. The van der Waals surface area contributed by atoms with Gasteiger partial charge in [0.1, 0.15) is 5.82 Å². The van der Waals surface area contributed by atoms with Gasteiger partial charge in [-0.2, -0.15) is 5.10 Å². The second-order valence-electron chi connectivity index (χ2n) is 3.98. The zero-order valence-corrected chi connectivity index (χ0v) is 11.3. The molecule has 0 spiro atoms. The number of hydrogen-bond donors (Lipinski definition) is 2. The van der Waals surface area contributed by atoms with E-state index in [0.717, 1.165) is 10.7 Å². The Kier molecular flexibility index (Phi) is 3.75. The van der Waals surface area contributed by atoms with Crippen LogP contribution >= 0.6 is 11.8 Å². The molecule has 0 saturated heterocycles. The fourth-order valence-electron chi connectivity index (χ4n) is 1.64. The van der Waals surface area contributed by atoms with Crippen molar-refractivity contribution in [1.29, 1.82) is 0 Å². The van der Waals surface area contributed by atoms with Crippen LogP contribution in [0.2, 0.25) is 0 Å². The number of rotatable bonds is 3. The Hall–Kier alpha value is -2.02. The van der Waals surface area contributed by atoms with Crippen LogP contribution in [0.25, 0.3) is 0 Å². The molecule has 0 saturated carbocycles. The Labute approximate surface area is 113 Å². The minimum atomic E-state index is -0.438. The number of benzene rings is 1. The summed E-state index contributed by atoms with van der Waals surface area (Å²) in [5, 5.41) is 16.8. The highest BCUT2D eigenvalue weighted by Crippen LogP contribution is 2.31. The Balaban J connectivity index is 2.42. The number of amidine groups is 1.